The molecule has 3 aromatic rings. The van der Waals surface area contributed by atoms with Crippen LogP contribution in [0, 0.1) is 13.8 Å². The van der Waals surface area contributed by atoms with Crippen molar-refractivity contribution in [3.63, 3.8) is 0 Å². The summed E-state index contributed by atoms with van der Waals surface area (Å²) in [5, 5.41) is 3.09. The van der Waals surface area contributed by atoms with Crippen LogP contribution in [0.5, 0.6) is 0 Å². The van der Waals surface area contributed by atoms with Crippen molar-refractivity contribution < 1.29 is 18.0 Å². The average Bonchev–Trinajstić information content (AvgIpc) is 3.45. The van der Waals surface area contributed by atoms with Crippen LogP contribution >= 0.6 is 0 Å². The zero-order chi connectivity index (χ0) is 28.0. The van der Waals surface area contributed by atoms with Crippen molar-refractivity contribution >= 4 is 27.5 Å². The van der Waals surface area contributed by atoms with Crippen molar-refractivity contribution in [1.82, 2.24) is 10.2 Å². The van der Waals surface area contributed by atoms with Crippen LogP contribution in [0.3, 0.4) is 0 Å². The Morgan fingerprint density at radius 1 is 0.923 bits per heavy atom. The van der Waals surface area contributed by atoms with Gasteiger partial charge in [-0.05, 0) is 68.5 Å². The van der Waals surface area contributed by atoms with Crippen LogP contribution in [0.4, 0.5) is 5.69 Å². The van der Waals surface area contributed by atoms with Gasteiger partial charge >= 0.3 is 0 Å². The Morgan fingerprint density at radius 3 is 2.18 bits per heavy atom. The predicted octanol–water partition coefficient (Wildman–Crippen LogP) is 4.97. The molecule has 1 aliphatic rings. The number of rotatable bonds is 10. The normalized spacial score (nSPS) is 14.5. The summed E-state index contributed by atoms with van der Waals surface area (Å²) in [5.74, 6) is -0.677. The van der Waals surface area contributed by atoms with Crippen LogP contribution in [0.15, 0.2) is 83.8 Å². The van der Waals surface area contributed by atoms with Crippen LogP contribution in [-0.2, 0) is 26.2 Å². The number of benzene rings is 3. The highest BCUT2D eigenvalue weighted by molar-refractivity contribution is 7.92. The molecule has 0 bridgehead atoms. The maximum absolute atomic E-state index is 14.0. The van der Waals surface area contributed by atoms with Crippen molar-refractivity contribution in [2.45, 2.75) is 70.0 Å². The van der Waals surface area contributed by atoms with Crippen molar-refractivity contribution in [3.05, 3.63) is 95.6 Å². The number of amides is 2. The Balaban J connectivity index is 1.70. The molecule has 0 heterocycles. The highest BCUT2D eigenvalue weighted by atomic mass is 32.2. The Kier molecular flexibility index (Phi) is 9.07. The minimum atomic E-state index is -4.07. The number of aryl methyl sites for hydroxylation is 2. The third kappa shape index (κ3) is 6.87. The molecule has 0 aromatic heterocycles. The van der Waals surface area contributed by atoms with Gasteiger partial charge in [0.25, 0.3) is 10.0 Å². The van der Waals surface area contributed by atoms with E-state index in [1.54, 1.807) is 31.2 Å². The van der Waals surface area contributed by atoms with Gasteiger partial charge in [0.05, 0.1) is 10.6 Å². The third-order valence-electron chi connectivity index (χ3n) is 7.31. The summed E-state index contributed by atoms with van der Waals surface area (Å²) in [4.78, 5) is 28.9. The molecule has 0 radical (unpaired) electrons. The molecule has 1 aliphatic carbocycles. The SMILES string of the molecule is Cc1ccc(C)c(N(CC(=O)N(Cc2ccccc2)C(C)C(=O)NC2CCCC2)S(=O)(=O)c2ccccc2)c1. The van der Waals surface area contributed by atoms with Gasteiger partial charge in [-0.1, -0.05) is 73.5 Å². The Bertz CT molecular complexity index is 1390. The van der Waals surface area contributed by atoms with Gasteiger partial charge in [-0.25, -0.2) is 8.42 Å². The fourth-order valence-corrected chi connectivity index (χ4v) is 6.47. The molecule has 0 saturated heterocycles. The highest BCUT2D eigenvalue weighted by Crippen LogP contribution is 2.28. The lowest BCUT2D eigenvalue weighted by Crippen LogP contribution is -2.52. The summed E-state index contributed by atoms with van der Waals surface area (Å²) >= 11 is 0. The maximum Gasteiger partial charge on any atom is 0.264 e. The fourth-order valence-electron chi connectivity index (χ4n) is 4.98. The van der Waals surface area contributed by atoms with Crippen molar-refractivity contribution in [2.24, 2.45) is 0 Å². The number of hydrogen-bond acceptors (Lipinski definition) is 4. The number of nitrogens with one attached hydrogen (secondary N) is 1. The van der Waals surface area contributed by atoms with Crippen LogP contribution < -0.4 is 9.62 Å². The molecule has 0 spiro atoms. The van der Waals surface area contributed by atoms with Gasteiger partial charge in [0.1, 0.15) is 12.6 Å². The maximum atomic E-state index is 14.0. The van der Waals surface area contributed by atoms with Crippen molar-refractivity contribution in [3.8, 4) is 0 Å². The van der Waals surface area contributed by atoms with E-state index in [1.165, 1.54) is 21.3 Å². The van der Waals surface area contributed by atoms with Gasteiger partial charge in [-0.15, -0.1) is 0 Å². The quantitative estimate of drug-likeness (QED) is 0.388. The largest absolute Gasteiger partial charge is 0.352 e. The summed E-state index contributed by atoms with van der Waals surface area (Å²) in [6.45, 7) is 5.17. The lowest BCUT2D eigenvalue weighted by molar-refractivity contribution is -0.139. The average molecular weight is 548 g/mol. The molecule has 206 valence electrons. The monoisotopic (exact) mass is 547 g/mol. The molecule has 1 saturated carbocycles. The second-order valence-corrected chi connectivity index (χ2v) is 12.2. The second kappa shape index (κ2) is 12.5. The number of carbonyl (C=O) groups excluding carboxylic acids is 2. The van der Waals surface area contributed by atoms with E-state index in [4.69, 9.17) is 0 Å². The van der Waals surface area contributed by atoms with Crippen LogP contribution in [0.25, 0.3) is 0 Å². The Morgan fingerprint density at radius 2 is 1.54 bits per heavy atom. The third-order valence-corrected chi connectivity index (χ3v) is 9.08. The molecule has 1 N–H and O–H groups in total. The van der Waals surface area contributed by atoms with Gasteiger partial charge in [0.2, 0.25) is 11.8 Å². The van der Waals surface area contributed by atoms with Crippen molar-refractivity contribution in [2.75, 3.05) is 10.8 Å². The molecule has 1 fully saturated rings. The van der Waals surface area contributed by atoms with Gasteiger partial charge < -0.3 is 10.2 Å². The van der Waals surface area contributed by atoms with Crippen LogP contribution in [0.1, 0.15) is 49.3 Å². The summed E-state index contributed by atoms with van der Waals surface area (Å²) in [5.41, 5.74) is 2.90. The van der Waals surface area contributed by atoms with E-state index in [2.05, 4.69) is 5.32 Å². The molecule has 8 heteroatoms. The van der Waals surface area contributed by atoms with E-state index >= 15 is 0 Å². The molecule has 4 rings (SSSR count). The van der Waals surface area contributed by atoms with E-state index in [1.807, 2.05) is 56.3 Å². The summed E-state index contributed by atoms with van der Waals surface area (Å²) in [6.07, 6.45) is 4.02. The standard InChI is InChI=1S/C31H37N3O4S/c1-23-18-19-24(2)29(20-23)34(39(37,38)28-16-8-5-9-17-28)22-30(35)33(21-26-12-6-4-7-13-26)25(3)31(36)32-27-14-10-11-15-27/h4-9,12-13,16-20,25,27H,10-11,14-15,21-22H2,1-3H3,(H,32,36). The molecule has 1 unspecified atom stereocenters. The fraction of sp³-hybridized carbons (Fsp3) is 0.355. The number of anilines is 1. The van der Waals surface area contributed by atoms with Crippen LogP contribution in [0.2, 0.25) is 0 Å². The van der Waals surface area contributed by atoms with E-state index in [0.717, 1.165) is 42.4 Å². The number of hydrogen-bond donors (Lipinski definition) is 1. The zero-order valence-corrected chi connectivity index (χ0v) is 23.7. The van der Waals surface area contributed by atoms with E-state index < -0.39 is 28.5 Å². The summed E-state index contributed by atoms with van der Waals surface area (Å²) < 4.78 is 29.0. The first kappa shape index (κ1) is 28.4. The van der Waals surface area contributed by atoms with Gasteiger partial charge in [0.15, 0.2) is 0 Å². The van der Waals surface area contributed by atoms with Gasteiger partial charge in [-0.2, -0.15) is 0 Å². The lowest BCUT2D eigenvalue weighted by Gasteiger charge is -2.33. The first-order valence-electron chi connectivity index (χ1n) is 13.5. The summed E-state index contributed by atoms with van der Waals surface area (Å²) in [7, 11) is -4.07. The first-order chi connectivity index (χ1) is 18.7. The molecule has 1 atom stereocenters. The van der Waals surface area contributed by atoms with Crippen molar-refractivity contribution in [1.29, 1.82) is 0 Å². The molecule has 7 nitrogen and oxygen atoms in total. The molecular weight excluding hydrogens is 510 g/mol. The first-order valence-corrected chi connectivity index (χ1v) is 14.9. The molecule has 2 amide bonds. The molecule has 3 aromatic carbocycles. The number of nitrogens with zero attached hydrogens (tertiary/aromatic N) is 2. The van der Waals surface area contributed by atoms with E-state index in [-0.39, 0.29) is 23.4 Å². The minimum absolute atomic E-state index is 0.0975. The smallest absolute Gasteiger partial charge is 0.264 e. The number of sulfonamides is 1. The molecule has 0 aliphatic heterocycles. The van der Waals surface area contributed by atoms with Crippen LogP contribution in [-0.4, -0.2) is 43.8 Å². The van der Waals surface area contributed by atoms with E-state index in [0.29, 0.717) is 5.69 Å². The summed E-state index contributed by atoms with van der Waals surface area (Å²) in [6, 6.07) is 22.4. The second-order valence-electron chi connectivity index (χ2n) is 10.3. The Labute approximate surface area is 231 Å². The number of carbonyl (C=O) groups is 2. The van der Waals surface area contributed by atoms with E-state index in [9.17, 15) is 18.0 Å². The van der Waals surface area contributed by atoms with Gasteiger partial charge in [0, 0.05) is 12.6 Å². The van der Waals surface area contributed by atoms with Gasteiger partial charge in [-0.3, -0.25) is 13.9 Å². The molecule has 39 heavy (non-hydrogen) atoms. The lowest BCUT2D eigenvalue weighted by atomic mass is 10.1. The topological polar surface area (TPSA) is 86.8 Å². The Hall–Kier alpha value is -3.65. The minimum Gasteiger partial charge on any atom is -0.352 e. The highest BCUT2D eigenvalue weighted by Gasteiger charge is 2.33. The zero-order valence-electron chi connectivity index (χ0n) is 22.8. The molecular formula is C31H37N3O4S. The predicted molar refractivity (Wildman–Crippen MR) is 154 cm³/mol.